The number of benzene rings is 1. The van der Waals surface area contributed by atoms with Crippen LogP contribution in [-0.2, 0) is 13.7 Å². The predicted octanol–water partition coefficient (Wildman–Crippen LogP) is 3.32. The number of nitrogens with zero attached hydrogens (tertiary/aromatic N) is 4. The molecule has 0 saturated heterocycles. The minimum atomic E-state index is 0.263. The maximum absolute atomic E-state index is 6.13. The summed E-state index contributed by atoms with van der Waals surface area (Å²) in [6.45, 7) is 0.263. The molecule has 0 bridgehead atoms. The Morgan fingerprint density at radius 1 is 1.24 bits per heavy atom. The summed E-state index contributed by atoms with van der Waals surface area (Å²) in [6.07, 6.45) is 3.69. The molecule has 0 aliphatic heterocycles. The zero-order valence-electron chi connectivity index (χ0n) is 11.6. The second-order valence-corrected chi connectivity index (χ2v) is 5.64. The number of hydrogen-bond donors (Lipinski definition) is 0. The first kappa shape index (κ1) is 14.2. The Bertz CT molecular complexity index is 772. The molecule has 0 aliphatic rings. The van der Waals surface area contributed by atoms with Gasteiger partial charge in [-0.25, -0.2) is 9.97 Å². The van der Waals surface area contributed by atoms with Crippen molar-refractivity contribution in [3.8, 4) is 5.75 Å². The first-order valence-electron chi connectivity index (χ1n) is 6.28. The zero-order valence-corrected chi connectivity index (χ0v) is 13.1. The van der Waals surface area contributed by atoms with Crippen molar-refractivity contribution >= 4 is 34.4 Å². The van der Waals surface area contributed by atoms with Gasteiger partial charge in [0.25, 0.3) is 0 Å². The molecule has 2 aromatic heterocycles. The largest absolute Gasteiger partial charge is 0.486 e. The van der Waals surface area contributed by atoms with Gasteiger partial charge in [-0.1, -0.05) is 11.6 Å². The molecule has 21 heavy (non-hydrogen) atoms. The fourth-order valence-electron chi connectivity index (χ4n) is 1.91. The quantitative estimate of drug-likeness (QED) is 0.545. The normalized spacial score (nSPS) is 11.0. The second kappa shape index (κ2) is 5.91. The number of halogens is 1. The van der Waals surface area contributed by atoms with Crippen LogP contribution in [0.3, 0.4) is 0 Å². The molecule has 1 aromatic carbocycles. The summed E-state index contributed by atoms with van der Waals surface area (Å²) in [4.78, 5) is 9.85. The minimum absolute atomic E-state index is 0.263. The van der Waals surface area contributed by atoms with E-state index in [9.17, 15) is 0 Å². The lowest BCUT2D eigenvalue weighted by Crippen LogP contribution is -2.03. The number of aromatic nitrogens is 4. The summed E-state index contributed by atoms with van der Waals surface area (Å²) in [5.41, 5.74) is 0.700. The summed E-state index contributed by atoms with van der Waals surface area (Å²) in [5, 5.41) is 5.26. The van der Waals surface area contributed by atoms with Crippen molar-refractivity contribution in [2.45, 2.75) is 11.5 Å². The Labute approximate surface area is 131 Å². The van der Waals surface area contributed by atoms with Crippen molar-refractivity contribution < 1.29 is 4.74 Å². The van der Waals surface area contributed by atoms with Crippen molar-refractivity contribution in [3.05, 3.63) is 41.4 Å². The van der Waals surface area contributed by atoms with Crippen LogP contribution >= 0.6 is 23.4 Å². The van der Waals surface area contributed by atoms with E-state index in [0.29, 0.717) is 16.6 Å². The van der Waals surface area contributed by atoms with Crippen LogP contribution in [0, 0.1) is 0 Å². The summed E-state index contributed by atoms with van der Waals surface area (Å²) in [6, 6.07) is 7.88. The third-order valence-electron chi connectivity index (χ3n) is 3.02. The van der Waals surface area contributed by atoms with Crippen LogP contribution in [0.2, 0.25) is 5.15 Å². The SMILES string of the molecule is CSc1ccc(OCc2nc(Cl)c3cnn(C)c3n2)cc1. The molecule has 0 aliphatic carbocycles. The lowest BCUT2D eigenvalue weighted by atomic mass is 10.3. The van der Waals surface area contributed by atoms with Crippen molar-refractivity contribution in [1.82, 2.24) is 19.7 Å². The first-order chi connectivity index (χ1) is 10.2. The minimum Gasteiger partial charge on any atom is -0.486 e. The van der Waals surface area contributed by atoms with E-state index in [1.54, 1.807) is 22.6 Å². The fraction of sp³-hybridized carbons (Fsp3) is 0.214. The van der Waals surface area contributed by atoms with Gasteiger partial charge in [-0.05, 0) is 30.5 Å². The molecule has 7 heteroatoms. The number of fused-ring (bicyclic) bond motifs is 1. The Hall–Kier alpha value is -1.79. The van der Waals surface area contributed by atoms with Gasteiger partial charge in [0.1, 0.15) is 17.5 Å². The lowest BCUT2D eigenvalue weighted by molar-refractivity contribution is 0.296. The molecule has 0 radical (unpaired) electrons. The maximum atomic E-state index is 6.13. The van der Waals surface area contributed by atoms with Gasteiger partial charge >= 0.3 is 0 Å². The Morgan fingerprint density at radius 3 is 2.71 bits per heavy atom. The van der Waals surface area contributed by atoms with Gasteiger partial charge in [0, 0.05) is 11.9 Å². The Balaban J connectivity index is 1.79. The molecular weight excluding hydrogens is 308 g/mol. The van der Waals surface area contributed by atoms with Crippen LogP contribution in [0.1, 0.15) is 5.82 Å². The molecule has 0 saturated carbocycles. The van der Waals surface area contributed by atoms with Gasteiger partial charge < -0.3 is 4.74 Å². The van der Waals surface area contributed by atoms with E-state index >= 15 is 0 Å². The van der Waals surface area contributed by atoms with E-state index in [-0.39, 0.29) is 6.61 Å². The number of rotatable bonds is 4. The Morgan fingerprint density at radius 2 is 2.00 bits per heavy atom. The van der Waals surface area contributed by atoms with Gasteiger partial charge in [-0.15, -0.1) is 11.8 Å². The molecule has 0 amide bonds. The van der Waals surface area contributed by atoms with Crippen LogP contribution in [0.25, 0.3) is 11.0 Å². The summed E-state index contributed by atoms with van der Waals surface area (Å²) < 4.78 is 7.36. The zero-order chi connectivity index (χ0) is 14.8. The van der Waals surface area contributed by atoms with Gasteiger partial charge in [0.2, 0.25) is 0 Å². The second-order valence-electron chi connectivity index (χ2n) is 4.40. The van der Waals surface area contributed by atoms with E-state index in [4.69, 9.17) is 16.3 Å². The molecule has 3 aromatic rings. The standard InChI is InChI=1S/C14H13ClN4OS/c1-19-14-11(7-16-19)13(15)17-12(18-14)8-20-9-3-5-10(21-2)6-4-9/h3-7H,8H2,1-2H3. The van der Waals surface area contributed by atoms with Crippen LogP contribution in [0.4, 0.5) is 0 Å². The average molecular weight is 321 g/mol. The smallest absolute Gasteiger partial charge is 0.170 e. The highest BCUT2D eigenvalue weighted by Gasteiger charge is 2.10. The topological polar surface area (TPSA) is 52.8 Å². The van der Waals surface area contributed by atoms with Gasteiger partial charge in [-0.2, -0.15) is 5.10 Å². The molecule has 0 fully saturated rings. The third-order valence-corrected chi connectivity index (χ3v) is 4.05. The van der Waals surface area contributed by atoms with Gasteiger partial charge in [-0.3, -0.25) is 4.68 Å². The van der Waals surface area contributed by atoms with Crippen molar-refractivity contribution in [2.75, 3.05) is 6.26 Å². The highest BCUT2D eigenvalue weighted by Crippen LogP contribution is 2.21. The molecule has 0 atom stereocenters. The molecule has 0 unspecified atom stereocenters. The van der Waals surface area contributed by atoms with Crippen molar-refractivity contribution in [2.24, 2.45) is 7.05 Å². The van der Waals surface area contributed by atoms with E-state index in [0.717, 1.165) is 11.1 Å². The molecule has 0 spiro atoms. The summed E-state index contributed by atoms with van der Waals surface area (Å²) in [5.74, 6) is 1.31. The number of ether oxygens (including phenoxy) is 1. The molecule has 5 nitrogen and oxygen atoms in total. The molecule has 2 heterocycles. The molecule has 3 rings (SSSR count). The van der Waals surface area contributed by atoms with E-state index in [1.807, 2.05) is 37.6 Å². The number of hydrogen-bond acceptors (Lipinski definition) is 5. The molecular formula is C14H13ClN4OS. The highest BCUT2D eigenvalue weighted by molar-refractivity contribution is 7.98. The molecule has 0 N–H and O–H groups in total. The average Bonchev–Trinajstić information content (AvgIpc) is 2.88. The maximum Gasteiger partial charge on any atom is 0.170 e. The highest BCUT2D eigenvalue weighted by atomic mass is 35.5. The van der Waals surface area contributed by atoms with Crippen LogP contribution in [-0.4, -0.2) is 26.0 Å². The summed E-state index contributed by atoms with van der Waals surface area (Å²) in [7, 11) is 1.82. The monoisotopic (exact) mass is 320 g/mol. The first-order valence-corrected chi connectivity index (χ1v) is 7.88. The van der Waals surface area contributed by atoms with Crippen molar-refractivity contribution in [1.29, 1.82) is 0 Å². The van der Waals surface area contributed by atoms with Crippen LogP contribution in [0.15, 0.2) is 35.4 Å². The van der Waals surface area contributed by atoms with Crippen LogP contribution in [0.5, 0.6) is 5.75 Å². The van der Waals surface area contributed by atoms with Crippen molar-refractivity contribution in [3.63, 3.8) is 0 Å². The van der Waals surface area contributed by atoms with Gasteiger partial charge in [0.15, 0.2) is 11.5 Å². The fourth-order valence-corrected chi connectivity index (χ4v) is 2.55. The number of thioether (sulfide) groups is 1. The molecule has 108 valence electrons. The lowest BCUT2D eigenvalue weighted by Gasteiger charge is -2.06. The third kappa shape index (κ3) is 2.96. The number of aryl methyl sites for hydroxylation is 1. The Kier molecular flexibility index (Phi) is 3.98. The van der Waals surface area contributed by atoms with E-state index < -0.39 is 0 Å². The summed E-state index contributed by atoms with van der Waals surface area (Å²) >= 11 is 7.82. The van der Waals surface area contributed by atoms with E-state index in [2.05, 4.69) is 15.1 Å². The van der Waals surface area contributed by atoms with Gasteiger partial charge in [0.05, 0.1) is 11.6 Å². The van der Waals surface area contributed by atoms with E-state index in [1.165, 1.54) is 4.90 Å². The van der Waals surface area contributed by atoms with Crippen LogP contribution < -0.4 is 4.74 Å². The predicted molar refractivity (Wildman–Crippen MR) is 83.9 cm³/mol.